The summed E-state index contributed by atoms with van der Waals surface area (Å²) in [5.74, 6) is -0.672. The average molecular weight is 355 g/mol. The number of likely N-dealkylation sites (tertiary alicyclic amines) is 1. The molecule has 1 atom stereocenters. The van der Waals surface area contributed by atoms with E-state index < -0.39 is 5.97 Å². The Bertz CT molecular complexity index is 548. The minimum Gasteiger partial charge on any atom is -0.481 e. The number of aliphatic carboxylic acids is 1. The lowest BCUT2D eigenvalue weighted by molar-refractivity contribution is -0.138. The monoisotopic (exact) mass is 354 g/mol. The van der Waals surface area contributed by atoms with Crippen LogP contribution < -0.4 is 5.32 Å². The van der Waals surface area contributed by atoms with Crippen LogP contribution >= 0.6 is 15.9 Å². The number of benzene rings is 1. The van der Waals surface area contributed by atoms with Crippen LogP contribution in [0.25, 0.3) is 0 Å². The molecule has 5 nitrogen and oxygen atoms in total. The Balaban J connectivity index is 1.82. The van der Waals surface area contributed by atoms with Crippen LogP contribution in [0, 0.1) is 12.8 Å². The van der Waals surface area contributed by atoms with Crippen molar-refractivity contribution in [2.24, 2.45) is 5.92 Å². The average Bonchev–Trinajstić information content (AvgIpc) is 2.80. The van der Waals surface area contributed by atoms with Gasteiger partial charge in [0.25, 0.3) is 0 Å². The minimum absolute atomic E-state index is 0.0623. The summed E-state index contributed by atoms with van der Waals surface area (Å²) in [5.41, 5.74) is 1.84. The number of nitrogens with zero attached hydrogens (tertiary/aromatic N) is 1. The zero-order chi connectivity index (χ0) is 15.4. The molecule has 0 saturated carbocycles. The van der Waals surface area contributed by atoms with Crippen LogP contribution in [0.5, 0.6) is 0 Å². The molecule has 0 bridgehead atoms. The Labute approximate surface area is 132 Å². The molecular weight excluding hydrogens is 336 g/mol. The Morgan fingerprint density at radius 3 is 2.90 bits per heavy atom. The second-order valence-electron chi connectivity index (χ2n) is 5.50. The van der Waals surface area contributed by atoms with Crippen LogP contribution in [-0.4, -0.2) is 41.5 Å². The SMILES string of the molecule is Cc1cc(NC(=O)CN2CCC(CC(=O)O)C2)ccc1Br. The summed E-state index contributed by atoms with van der Waals surface area (Å²) in [4.78, 5) is 24.7. The van der Waals surface area contributed by atoms with Gasteiger partial charge in [0.15, 0.2) is 0 Å². The fourth-order valence-corrected chi connectivity index (χ4v) is 2.84. The molecule has 114 valence electrons. The van der Waals surface area contributed by atoms with E-state index in [1.165, 1.54) is 0 Å². The zero-order valence-corrected chi connectivity index (χ0v) is 13.5. The number of amides is 1. The van der Waals surface area contributed by atoms with E-state index in [0.29, 0.717) is 13.1 Å². The highest BCUT2D eigenvalue weighted by Gasteiger charge is 2.25. The third kappa shape index (κ3) is 4.82. The number of nitrogens with one attached hydrogen (secondary N) is 1. The summed E-state index contributed by atoms with van der Waals surface area (Å²) < 4.78 is 1.01. The molecule has 6 heteroatoms. The van der Waals surface area contributed by atoms with Gasteiger partial charge in [-0.2, -0.15) is 0 Å². The minimum atomic E-state index is -0.767. The van der Waals surface area contributed by atoms with Gasteiger partial charge in [0.1, 0.15) is 0 Å². The summed E-state index contributed by atoms with van der Waals surface area (Å²) in [6, 6.07) is 5.68. The molecule has 2 rings (SSSR count). The molecule has 1 unspecified atom stereocenters. The van der Waals surface area contributed by atoms with Crippen LogP contribution in [0.3, 0.4) is 0 Å². The first-order valence-corrected chi connectivity index (χ1v) is 7.73. The smallest absolute Gasteiger partial charge is 0.303 e. The molecular formula is C15H19BrN2O3. The van der Waals surface area contributed by atoms with Crippen molar-refractivity contribution in [2.75, 3.05) is 25.0 Å². The Morgan fingerprint density at radius 1 is 1.48 bits per heavy atom. The summed E-state index contributed by atoms with van der Waals surface area (Å²) in [5, 5.41) is 11.7. The van der Waals surface area contributed by atoms with Gasteiger partial charge in [0.2, 0.25) is 5.91 Å². The van der Waals surface area contributed by atoms with Gasteiger partial charge < -0.3 is 10.4 Å². The highest BCUT2D eigenvalue weighted by Crippen LogP contribution is 2.21. The number of rotatable bonds is 5. The number of hydrogen-bond donors (Lipinski definition) is 2. The molecule has 0 aromatic heterocycles. The van der Waals surface area contributed by atoms with E-state index in [2.05, 4.69) is 21.2 Å². The van der Waals surface area contributed by atoms with Gasteiger partial charge in [-0.15, -0.1) is 0 Å². The van der Waals surface area contributed by atoms with Crippen LogP contribution in [0.1, 0.15) is 18.4 Å². The van der Waals surface area contributed by atoms with Gasteiger partial charge >= 0.3 is 5.97 Å². The number of aryl methyl sites for hydroxylation is 1. The maximum Gasteiger partial charge on any atom is 0.303 e. The van der Waals surface area contributed by atoms with Crippen molar-refractivity contribution in [1.29, 1.82) is 0 Å². The van der Waals surface area contributed by atoms with E-state index in [-0.39, 0.29) is 18.2 Å². The fraction of sp³-hybridized carbons (Fsp3) is 0.467. The van der Waals surface area contributed by atoms with Crippen molar-refractivity contribution in [2.45, 2.75) is 19.8 Å². The topological polar surface area (TPSA) is 69.6 Å². The maximum absolute atomic E-state index is 12.0. The van der Waals surface area contributed by atoms with Gasteiger partial charge in [0.05, 0.1) is 6.54 Å². The van der Waals surface area contributed by atoms with Crippen molar-refractivity contribution in [3.8, 4) is 0 Å². The summed E-state index contributed by atoms with van der Waals surface area (Å²) in [6.07, 6.45) is 1.03. The van der Waals surface area contributed by atoms with E-state index in [4.69, 9.17) is 5.11 Å². The first-order valence-electron chi connectivity index (χ1n) is 6.94. The van der Waals surface area contributed by atoms with Crippen molar-refractivity contribution >= 4 is 33.5 Å². The standard InChI is InChI=1S/C15H19BrN2O3/c1-10-6-12(2-3-13(10)16)17-14(19)9-18-5-4-11(8-18)7-15(20)21/h2-3,6,11H,4-5,7-9H2,1H3,(H,17,19)(H,20,21). The third-order valence-corrected chi connectivity index (χ3v) is 4.53. The molecule has 0 aliphatic carbocycles. The molecule has 1 aliphatic rings. The molecule has 0 radical (unpaired) electrons. The van der Waals surface area contributed by atoms with E-state index in [1.54, 1.807) is 0 Å². The normalized spacial score (nSPS) is 18.7. The lowest BCUT2D eigenvalue weighted by Crippen LogP contribution is -2.31. The lowest BCUT2D eigenvalue weighted by Gasteiger charge is -2.15. The summed E-state index contributed by atoms with van der Waals surface area (Å²) >= 11 is 3.42. The van der Waals surface area contributed by atoms with Crippen molar-refractivity contribution in [3.63, 3.8) is 0 Å². The van der Waals surface area contributed by atoms with Crippen molar-refractivity contribution in [1.82, 2.24) is 4.90 Å². The van der Waals surface area contributed by atoms with Gasteiger partial charge in [-0.1, -0.05) is 15.9 Å². The van der Waals surface area contributed by atoms with Crippen LogP contribution in [0.4, 0.5) is 5.69 Å². The predicted molar refractivity (Wildman–Crippen MR) is 84.3 cm³/mol. The highest BCUT2D eigenvalue weighted by molar-refractivity contribution is 9.10. The Morgan fingerprint density at radius 2 is 2.24 bits per heavy atom. The third-order valence-electron chi connectivity index (χ3n) is 3.64. The van der Waals surface area contributed by atoms with E-state index in [0.717, 1.165) is 28.7 Å². The Kier molecular flexibility index (Phi) is 5.36. The second-order valence-corrected chi connectivity index (χ2v) is 6.35. The van der Waals surface area contributed by atoms with Crippen LogP contribution in [0.2, 0.25) is 0 Å². The van der Waals surface area contributed by atoms with Crippen molar-refractivity contribution in [3.05, 3.63) is 28.2 Å². The van der Waals surface area contributed by atoms with Crippen LogP contribution in [-0.2, 0) is 9.59 Å². The van der Waals surface area contributed by atoms with Gasteiger partial charge in [-0.05, 0) is 49.6 Å². The Hall–Kier alpha value is -1.40. The number of halogens is 1. The number of anilines is 1. The molecule has 1 heterocycles. The van der Waals surface area contributed by atoms with E-state index >= 15 is 0 Å². The lowest BCUT2D eigenvalue weighted by atomic mass is 10.1. The number of carboxylic acid groups (broad SMARTS) is 1. The largest absolute Gasteiger partial charge is 0.481 e. The quantitative estimate of drug-likeness (QED) is 0.852. The number of carbonyl (C=O) groups excluding carboxylic acids is 1. The highest BCUT2D eigenvalue weighted by atomic mass is 79.9. The number of hydrogen-bond acceptors (Lipinski definition) is 3. The molecule has 0 spiro atoms. The molecule has 1 aromatic carbocycles. The van der Waals surface area contributed by atoms with E-state index in [9.17, 15) is 9.59 Å². The zero-order valence-electron chi connectivity index (χ0n) is 11.9. The predicted octanol–water partition coefficient (Wildman–Crippen LogP) is 2.49. The molecule has 2 N–H and O–H groups in total. The van der Waals surface area contributed by atoms with Crippen molar-refractivity contribution < 1.29 is 14.7 Å². The maximum atomic E-state index is 12.0. The molecule has 1 amide bonds. The second kappa shape index (κ2) is 7.04. The molecule has 21 heavy (non-hydrogen) atoms. The van der Waals surface area contributed by atoms with E-state index in [1.807, 2.05) is 30.0 Å². The van der Waals surface area contributed by atoms with Crippen LogP contribution in [0.15, 0.2) is 22.7 Å². The van der Waals surface area contributed by atoms with Gasteiger partial charge in [-0.3, -0.25) is 14.5 Å². The first kappa shape index (κ1) is 16.0. The molecule has 1 saturated heterocycles. The summed E-state index contributed by atoms with van der Waals surface area (Å²) in [7, 11) is 0. The molecule has 1 fully saturated rings. The fourth-order valence-electron chi connectivity index (χ4n) is 2.60. The number of carbonyl (C=O) groups is 2. The first-order chi connectivity index (χ1) is 9.94. The molecule has 1 aromatic rings. The van der Waals surface area contributed by atoms with Gasteiger partial charge in [-0.25, -0.2) is 0 Å². The summed E-state index contributed by atoms with van der Waals surface area (Å²) in [6.45, 7) is 3.74. The number of carboxylic acids is 1. The van der Waals surface area contributed by atoms with Gasteiger partial charge in [0, 0.05) is 23.1 Å². The molecule has 1 aliphatic heterocycles.